The van der Waals surface area contributed by atoms with E-state index in [1.807, 2.05) is 0 Å². The highest BCUT2D eigenvalue weighted by Gasteiger charge is 2.44. The van der Waals surface area contributed by atoms with Gasteiger partial charge >= 0.3 is 0 Å². The molecule has 11 heteroatoms. The first-order chi connectivity index (χ1) is 13.4. The Labute approximate surface area is 161 Å². The van der Waals surface area contributed by atoms with Gasteiger partial charge in [0.25, 0.3) is 0 Å². The number of ether oxygens (including phenoxy) is 2. The van der Waals surface area contributed by atoms with Crippen molar-refractivity contribution in [2.45, 2.75) is 43.9 Å². The summed E-state index contributed by atoms with van der Waals surface area (Å²) in [6, 6.07) is 0.169. The zero-order valence-corrected chi connectivity index (χ0v) is 15.4. The molecule has 0 radical (unpaired) electrons. The molecule has 154 valence electrons. The number of nitrogens with one attached hydrogen (secondary N) is 1. The molecule has 28 heavy (non-hydrogen) atoms. The quantitative estimate of drug-likeness (QED) is 0.451. The first kappa shape index (κ1) is 20.4. The highest BCUT2D eigenvalue weighted by Crippen LogP contribution is 2.32. The van der Waals surface area contributed by atoms with Gasteiger partial charge in [0.2, 0.25) is 0 Å². The van der Waals surface area contributed by atoms with Crippen molar-refractivity contribution in [3.8, 4) is 0 Å². The van der Waals surface area contributed by atoms with Gasteiger partial charge in [-0.1, -0.05) is 6.92 Å². The van der Waals surface area contributed by atoms with E-state index in [0.29, 0.717) is 30.2 Å². The van der Waals surface area contributed by atoms with E-state index < -0.39 is 24.5 Å². The van der Waals surface area contributed by atoms with Crippen LogP contribution in [0.2, 0.25) is 0 Å². The summed E-state index contributed by atoms with van der Waals surface area (Å²) in [5, 5.41) is 41.9. The molecular formula is C17H24N5O6-. The number of allylic oxidation sites excluding steroid dienone is 1. The molecule has 0 aromatic carbocycles. The van der Waals surface area contributed by atoms with Gasteiger partial charge in [-0.2, -0.15) is 0 Å². The largest absolute Gasteiger partial charge is 0.876 e. The molecule has 4 rings (SSSR count). The van der Waals surface area contributed by atoms with Crippen LogP contribution in [0.15, 0.2) is 25.0 Å². The molecule has 0 bridgehead atoms. The Morgan fingerprint density at radius 1 is 1.36 bits per heavy atom. The van der Waals surface area contributed by atoms with Gasteiger partial charge in [0, 0.05) is 6.61 Å². The van der Waals surface area contributed by atoms with Crippen LogP contribution in [0.3, 0.4) is 0 Å². The van der Waals surface area contributed by atoms with Gasteiger partial charge in [-0.3, -0.25) is 4.57 Å². The van der Waals surface area contributed by atoms with Crippen LogP contribution in [0.5, 0.6) is 0 Å². The molecule has 2 fully saturated rings. The van der Waals surface area contributed by atoms with Gasteiger partial charge < -0.3 is 35.2 Å². The summed E-state index contributed by atoms with van der Waals surface area (Å²) in [5.41, 5.74) is 1.02. The maximum Gasteiger partial charge on any atom is 0.167 e. The SMILES string of the molecule is C=C(C)[O-].OC[C@H]1O[C@@H](n2cnc3c(NC4CCOC4)ncnc32)[C@@H](O)[C@H]1O. The Morgan fingerprint density at radius 2 is 2.11 bits per heavy atom. The van der Waals surface area contributed by atoms with E-state index in [1.165, 1.54) is 24.1 Å². The Hall–Kier alpha value is -2.31. The number of aliphatic hydroxyl groups is 3. The van der Waals surface area contributed by atoms with E-state index in [4.69, 9.17) is 9.47 Å². The van der Waals surface area contributed by atoms with Crippen LogP contribution in [0, 0.1) is 0 Å². The van der Waals surface area contributed by atoms with E-state index in [9.17, 15) is 20.4 Å². The maximum atomic E-state index is 10.2. The number of fused-ring (bicyclic) bond motifs is 1. The van der Waals surface area contributed by atoms with Crippen molar-refractivity contribution in [1.82, 2.24) is 19.5 Å². The first-order valence-electron chi connectivity index (χ1n) is 8.89. The topological polar surface area (TPSA) is 158 Å². The van der Waals surface area contributed by atoms with Crippen LogP contribution in [-0.2, 0) is 9.47 Å². The lowest BCUT2D eigenvalue weighted by Gasteiger charge is -2.16. The van der Waals surface area contributed by atoms with E-state index >= 15 is 0 Å². The molecule has 11 nitrogen and oxygen atoms in total. The smallest absolute Gasteiger partial charge is 0.167 e. The standard InChI is InChI=1S/C14H19N5O5.C3H6O/c20-3-8-10(21)11(22)14(24-8)19-6-17-9-12(15-5-16-13(9)19)18-7-1-2-23-4-7;1-3(2)4/h5-8,10-11,14,20-22H,1-4H2,(H,15,16,18);4H,1H2,2H3/p-1/t7?,8-,10+,11+,14-;/m1./s1. The molecule has 0 spiro atoms. The number of hydrogen-bond acceptors (Lipinski definition) is 10. The Bertz CT molecular complexity index is 804. The first-order valence-corrected chi connectivity index (χ1v) is 8.89. The van der Waals surface area contributed by atoms with Crippen LogP contribution in [0.25, 0.3) is 11.2 Å². The van der Waals surface area contributed by atoms with Crippen molar-refractivity contribution in [3.05, 3.63) is 25.0 Å². The fourth-order valence-corrected chi connectivity index (χ4v) is 3.10. The van der Waals surface area contributed by atoms with Crippen LogP contribution >= 0.6 is 0 Å². The molecular weight excluding hydrogens is 370 g/mol. The Balaban J connectivity index is 0.000000516. The van der Waals surface area contributed by atoms with Gasteiger partial charge in [-0.15, -0.1) is 12.3 Å². The Kier molecular flexibility index (Phi) is 6.42. The molecule has 1 unspecified atom stereocenters. The van der Waals surface area contributed by atoms with Gasteiger partial charge in [0.1, 0.15) is 24.6 Å². The van der Waals surface area contributed by atoms with Gasteiger partial charge in [-0.25, -0.2) is 15.0 Å². The summed E-state index contributed by atoms with van der Waals surface area (Å²) >= 11 is 0. The molecule has 5 atom stereocenters. The van der Waals surface area contributed by atoms with E-state index in [0.717, 1.165) is 6.42 Å². The van der Waals surface area contributed by atoms with Crippen LogP contribution in [0.1, 0.15) is 19.6 Å². The summed E-state index contributed by atoms with van der Waals surface area (Å²) in [5.74, 6) is 0.501. The highest BCUT2D eigenvalue weighted by molar-refractivity contribution is 5.82. The molecule has 2 aromatic heterocycles. The zero-order chi connectivity index (χ0) is 20.3. The predicted octanol–water partition coefficient (Wildman–Crippen LogP) is -1.48. The summed E-state index contributed by atoms with van der Waals surface area (Å²) < 4.78 is 12.4. The minimum atomic E-state index is -1.19. The van der Waals surface area contributed by atoms with E-state index in [-0.39, 0.29) is 18.4 Å². The molecule has 2 aliphatic rings. The predicted molar refractivity (Wildman–Crippen MR) is 96.0 cm³/mol. The van der Waals surface area contributed by atoms with Crippen LogP contribution in [-0.4, -0.2) is 79.0 Å². The van der Waals surface area contributed by atoms with Gasteiger partial charge in [-0.05, 0) is 6.42 Å². The maximum absolute atomic E-state index is 10.2. The van der Waals surface area contributed by atoms with Gasteiger partial charge in [0.05, 0.1) is 25.6 Å². The molecule has 2 aromatic rings. The Morgan fingerprint density at radius 3 is 2.71 bits per heavy atom. The second-order valence-electron chi connectivity index (χ2n) is 6.68. The number of nitrogens with zero attached hydrogens (tertiary/aromatic N) is 4. The van der Waals surface area contributed by atoms with E-state index in [2.05, 4.69) is 26.8 Å². The zero-order valence-electron chi connectivity index (χ0n) is 15.4. The van der Waals surface area contributed by atoms with Crippen LogP contribution < -0.4 is 10.4 Å². The number of aliphatic hydroxyl groups excluding tert-OH is 3. The fraction of sp³-hybridized carbons (Fsp3) is 0.588. The van der Waals surface area contributed by atoms with Crippen molar-refractivity contribution in [2.75, 3.05) is 25.1 Å². The normalized spacial score (nSPS) is 29.5. The van der Waals surface area contributed by atoms with Crippen molar-refractivity contribution < 1.29 is 29.9 Å². The number of aromatic nitrogens is 4. The van der Waals surface area contributed by atoms with Crippen molar-refractivity contribution in [3.63, 3.8) is 0 Å². The molecule has 2 aliphatic heterocycles. The number of hydrogen-bond donors (Lipinski definition) is 4. The molecule has 0 aliphatic carbocycles. The second kappa shape index (κ2) is 8.80. The molecule has 4 heterocycles. The summed E-state index contributed by atoms with van der Waals surface area (Å²) in [7, 11) is 0. The highest BCUT2D eigenvalue weighted by atomic mass is 16.6. The molecule has 0 saturated carbocycles. The van der Waals surface area contributed by atoms with Crippen molar-refractivity contribution >= 4 is 17.0 Å². The summed E-state index contributed by atoms with van der Waals surface area (Å²) in [6.07, 6.45) is -0.310. The van der Waals surface area contributed by atoms with Crippen LogP contribution in [0.4, 0.5) is 5.82 Å². The lowest BCUT2D eigenvalue weighted by atomic mass is 10.1. The third-order valence-corrected chi connectivity index (χ3v) is 4.42. The van der Waals surface area contributed by atoms with Crippen molar-refractivity contribution in [1.29, 1.82) is 0 Å². The third-order valence-electron chi connectivity index (χ3n) is 4.42. The van der Waals surface area contributed by atoms with Gasteiger partial charge in [0.15, 0.2) is 23.2 Å². The summed E-state index contributed by atoms with van der Waals surface area (Å²) in [4.78, 5) is 12.8. The fourth-order valence-electron chi connectivity index (χ4n) is 3.10. The number of rotatable bonds is 4. The summed E-state index contributed by atoms with van der Waals surface area (Å²) in [6.45, 7) is 5.36. The molecule has 2 saturated heterocycles. The molecule has 0 amide bonds. The average Bonchev–Trinajstić information content (AvgIpc) is 3.36. The van der Waals surface area contributed by atoms with Crippen molar-refractivity contribution in [2.24, 2.45) is 0 Å². The van der Waals surface area contributed by atoms with E-state index in [1.54, 1.807) is 0 Å². The number of imidazole rings is 1. The molecule has 4 N–H and O–H groups in total. The lowest BCUT2D eigenvalue weighted by Crippen LogP contribution is -2.33. The lowest BCUT2D eigenvalue weighted by molar-refractivity contribution is -0.300. The number of anilines is 1. The third kappa shape index (κ3) is 4.23. The second-order valence-corrected chi connectivity index (χ2v) is 6.68. The minimum Gasteiger partial charge on any atom is -0.876 e. The minimum absolute atomic E-state index is 0.0833. The monoisotopic (exact) mass is 394 g/mol. The average molecular weight is 394 g/mol.